The molecule has 0 radical (unpaired) electrons. The van der Waals surface area contributed by atoms with E-state index in [4.69, 9.17) is 9.47 Å². The van der Waals surface area contributed by atoms with Crippen LogP contribution in [0.1, 0.15) is 40.3 Å². The highest BCUT2D eigenvalue weighted by Gasteiger charge is 2.36. The number of alkyl halides is 3. The van der Waals surface area contributed by atoms with Crippen molar-refractivity contribution in [2.75, 3.05) is 7.11 Å². The third-order valence-corrected chi connectivity index (χ3v) is 3.57. The molecule has 11 heteroatoms. The number of nitrogens with one attached hydrogen (secondary N) is 1. The van der Waals surface area contributed by atoms with Gasteiger partial charge in [0.15, 0.2) is 5.69 Å². The van der Waals surface area contributed by atoms with Gasteiger partial charge in [0.25, 0.3) is 0 Å². The maximum atomic E-state index is 13.2. The van der Waals surface area contributed by atoms with Crippen molar-refractivity contribution in [1.82, 2.24) is 25.3 Å². The van der Waals surface area contributed by atoms with Crippen LogP contribution >= 0.6 is 0 Å². The Balaban J connectivity index is 2.34. The van der Waals surface area contributed by atoms with Gasteiger partial charge in [0, 0.05) is 6.07 Å². The zero-order chi connectivity index (χ0) is 22.0. The molecule has 8 nitrogen and oxygen atoms in total. The molecule has 1 N–H and O–H groups in total. The van der Waals surface area contributed by atoms with Crippen molar-refractivity contribution in [1.29, 1.82) is 0 Å². The van der Waals surface area contributed by atoms with Crippen molar-refractivity contribution in [2.24, 2.45) is 0 Å². The maximum absolute atomic E-state index is 13.2. The Morgan fingerprint density at radius 2 is 1.79 bits per heavy atom. The van der Waals surface area contributed by atoms with Crippen molar-refractivity contribution in [3.05, 3.63) is 23.9 Å². The van der Waals surface area contributed by atoms with Gasteiger partial charge >= 0.3 is 12.3 Å². The fraction of sp³-hybridized carbons (Fsp3) is 0.556. The molecule has 0 fully saturated rings. The lowest BCUT2D eigenvalue weighted by molar-refractivity contribution is -0.141. The molecular formula is C18H24F3N5O3. The molecule has 160 valence electrons. The van der Waals surface area contributed by atoms with Crippen LogP contribution in [0.15, 0.2) is 18.2 Å². The molecule has 0 spiro atoms. The fourth-order valence-corrected chi connectivity index (χ4v) is 2.44. The molecule has 29 heavy (non-hydrogen) atoms. The highest BCUT2D eigenvalue weighted by atomic mass is 19.4. The highest BCUT2D eigenvalue weighted by Crippen LogP contribution is 2.32. The normalized spacial score (nSPS) is 12.6. The first-order chi connectivity index (χ1) is 13.2. The van der Waals surface area contributed by atoms with Crippen LogP contribution in [0, 0.1) is 0 Å². The average Bonchev–Trinajstić information content (AvgIpc) is 2.95. The lowest BCUT2D eigenvalue weighted by atomic mass is 10.1. The number of carbonyl (C=O) groups excluding carboxylic acids is 1. The first kappa shape index (κ1) is 22.4. The number of methoxy groups -OCH3 is 1. The van der Waals surface area contributed by atoms with Crippen LogP contribution in [0.25, 0.3) is 11.4 Å². The van der Waals surface area contributed by atoms with Crippen molar-refractivity contribution in [3.63, 3.8) is 0 Å². The number of nitrogens with zero attached hydrogens (tertiary/aromatic N) is 4. The standard InChI is InChI=1S/C18H24F3N5O3/c1-16(2,3)29-15(27)22-17(4,5)10-26-12(9-13(25-26)18(19,20)21)11-7-8-14(28-6)24-23-11/h7-9H,10H2,1-6H3,(H,22,27). The molecule has 0 aliphatic carbocycles. The summed E-state index contributed by atoms with van der Waals surface area (Å²) in [6.07, 6.45) is -5.32. The van der Waals surface area contributed by atoms with Crippen molar-refractivity contribution >= 4 is 6.09 Å². The van der Waals surface area contributed by atoms with Gasteiger partial charge in [-0.2, -0.15) is 18.3 Å². The fourth-order valence-electron chi connectivity index (χ4n) is 2.44. The summed E-state index contributed by atoms with van der Waals surface area (Å²) in [5.41, 5.74) is -2.46. The van der Waals surface area contributed by atoms with Gasteiger partial charge in [0.05, 0.1) is 24.9 Å². The number of hydrogen-bond acceptors (Lipinski definition) is 6. The van der Waals surface area contributed by atoms with Crippen LogP contribution in [0.4, 0.5) is 18.0 Å². The number of aromatic nitrogens is 4. The summed E-state index contributed by atoms with van der Waals surface area (Å²) in [7, 11) is 1.40. The summed E-state index contributed by atoms with van der Waals surface area (Å²) in [4.78, 5) is 12.1. The molecule has 0 unspecified atom stereocenters. The summed E-state index contributed by atoms with van der Waals surface area (Å²) in [5.74, 6) is 0.225. The van der Waals surface area contributed by atoms with E-state index in [9.17, 15) is 18.0 Å². The Morgan fingerprint density at radius 3 is 2.28 bits per heavy atom. The summed E-state index contributed by atoms with van der Waals surface area (Å²) in [6, 6.07) is 3.85. The van der Waals surface area contributed by atoms with Crippen LogP contribution in [0.3, 0.4) is 0 Å². The van der Waals surface area contributed by atoms with Crippen LogP contribution in [-0.2, 0) is 17.5 Å². The minimum absolute atomic E-state index is 0.0641. The zero-order valence-corrected chi connectivity index (χ0v) is 17.1. The smallest absolute Gasteiger partial charge is 0.435 e. The summed E-state index contributed by atoms with van der Waals surface area (Å²) >= 11 is 0. The van der Waals surface area contributed by atoms with E-state index in [-0.39, 0.29) is 23.8 Å². The Hall–Kier alpha value is -2.85. The number of carbonyl (C=O) groups is 1. The minimum Gasteiger partial charge on any atom is -0.480 e. The molecule has 0 aromatic carbocycles. The monoisotopic (exact) mass is 415 g/mol. The Bertz CT molecular complexity index is 855. The molecule has 2 heterocycles. The molecule has 0 aliphatic heterocycles. The molecule has 2 aromatic rings. The molecule has 2 rings (SSSR count). The molecule has 0 aliphatic rings. The van der Waals surface area contributed by atoms with E-state index in [0.717, 1.165) is 10.7 Å². The van der Waals surface area contributed by atoms with Crippen LogP contribution in [0.5, 0.6) is 5.88 Å². The first-order valence-electron chi connectivity index (χ1n) is 8.74. The topological polar surface area (TPSA) is 91.2 Å². The van der Waals surface area contributed by atoms with Gasteiger partial charge in [-0.05, 0) is 46.8 Å². The van der Waals surface area contributed by atoms with Gasteiger partial charge in [-0.1, -0.05) is 0 Å². The lowest BCUT2D eigenvalue weighted by Gasteiger charge is -2.29. The second-order valence-electron chi connectivity index (χ2n) is 8.04. The molecule has 0 bridgehead atoms. The number of rotatable bonds is 5. The van der Waals surface area contributed by atoms with Crippen molar-refractivity contribution in [3.8, 4) is 17.3 Å². The quantitative estimate of drug-likeness (QED) is 0.801. The average molecular weight is 415 g/mol. The molecule has 0 atom stereocenters. The van der Waals surface area contributed by atoms with Crippen molar-refractivity contribution in [2.45, 2.75) is 58.5 Å². The van der Waals surface area contributed by atoms with E-state index in [1.54, 1.807) is 34.6 Å². The molecule has 1 amide bonds. The Labute approximate surface area is 166 Å². The molecule has 0 saturated carbocycles. The van der Waals surface area contributed by atoms with Crippen LogP contribution < -0.4 is 10.1 Å². The van der Waals surface area contributed by atoms with Crippen LogP contribution in [0.2, 0.25) is 0 Å². The number of ether oxygens (including phenoxy) is 2. The second-order valence-corrected chi connectivity index (χ2v) is 8.04. The van der Waals surface area contributed by atoms with E-state index >= 15 is 0 Å². The summed E-state index contributed by atoms with van der Waals surface area (Å²) in [5, 5.41) is 14.0. The van der Waals surface area contributed by atoms with Gasteiger partial charge in [-0.25, -0.2) is 4.79 Å². The maximum Gasteiger partial charge on any atom is 0.435 e. The predicted octanol–water partition coefficient (Wildman–Crippen LogP) is 3.67. The minimum atomic E-state index is -4.64. The van der Waals surface area contributed by atoms with E-state index in [2.05, 4.69) is 20.6 Å². The van der Waals surface area contributed by atoms with Crippen LogP contribution in [-0.4, -0.2) is 44.3 Å². The van der Waals surface area contributed by atoms with E-state index in [1.165, 1.54) is 19.2 Å². The number of halogens is 3. The van der Waals surface area contributed by atoms with E-state index in [1.807, 2.05) is 0 Å². The number of alkyl carbamates (subject to hydrolysis) is 1. The van der Waals surface area contributed by atoms with Gasteiger partial charge in [0.2, 0.25) is 5.88 Å². The Kier molecular flexibility index (Phi) is 6.10. The van der Waals surface area contributed by atoms with E-state index in [0.29, 0.717) is 0 Å². The van der Waals surface area contributed by atoms with Crippen molar-refractivity contribution < 1.29 is 27.4 Å². The lowest BCUT2D eigenvalue weighted by Crippen LogP contribution is -2.48. The van der Waals surface area contributed by atoms with Gasteiger partial charge in [-0.15, -0.1) is 10.2 Å². The highest BCUT2D eigenvalue weighted by molar-refractivity contribution is 5.68. The number of hydrogen-bond donors (Lipinski definition) is 1. The molecule has 0 saturated heterocycles. The predicted molar refractivity (Wildman–Crippen MR) is 98.3 cm³/mol. The zero-order valence-electron chi connectivity index (χ0n) is 17.1. The molecular weight excluding hydrogens is 391 g/mol. The van der Waals surface area contributed by atoms with Gasteiger partial charge < -0.3 is 14.8 Å². The SMILES string of the molecule is COc1ccc(-c2cc(C(F)(F)F)nn2CC(C)(C)NC(=O)OC(C)(C)C)nn1. The van der Waals surface area contributed by atoms with E-state index < -0.39 is 29.1 Å². The number of amides is 1. The third-order valence-electron chi connectivity index (χ3n) is 3.57. The van der Waals surface area contributed by atoms with Gasteiger partial charge in [-0.3, -0.25) is 4.68 Å². The summed E-state index contributed by atoms with van der Waals surface area (Å²) in [6.45, 7) is 8.37. The first-order valence-corrected chi connectivity index (χ1v) is 8.74. The van der Waals surface area contributed by atoms with Gasteiger partial charge in [0.1, 0.15) is 11.3 Å². The second kappa shape index (κ2) is 7.88. The third kappa shape index (κ3) is 6.33. The largest absolute Gasteiger partial charge is 0.480 e. The Morgan fingerprint density at radius 1 is 1.14 bits per heavy atom. The summed E-state index contributed by atoms with van der Waals surface area (Å²) < 4.78 is 50.9. The molecule has 2 aromatic heterocycles.